The fraction of sp³-hybridized carbons (Fsp3) is 0.786. The Morgan fingerprint density at radius 1 is 1.53 bits per heavy atom. The zero-order valence-corrected chi connectivity index (χ0v) is 12.1. The molecule has 0 amide bonds. The molecule has 3 atom stereocenters. The second-order valence-electron chi connectivity index (χ2n) is 5.49. The number of hydrogen-bond donors (Lipinski definition) is 1. The van der Waals surface area contributed by atoms with Crippen molar-refractivity contribution in [1.82, 2.24) is 14.7 Å². The maximum atomic E-state index is 9.23. The third kappa shape index (κ3) is 3.78. The van der Waals surface area contributed by atoms with Gasteiger partial charge in [0, 0.05) is 31.9 Å². The Bertz CT molecular complexity index is 394. The van der Waals surface area contributed by atoms with E-state index >= 15 is 0 Å². The molecule has 0 aliphatic carbocycles. The fourth-order valence-corrected chi connectivity index (χ4v) is 2.49. The van der Waals surface area contributed by atoms with Crippen molar-refractivity contribution in [2.75, 3.05) is 19.7 Å². The van der Waals surface area contributed by atoms with Crippen LogP contribution in [0.4, 0.5) is 0 Å². The molecule has 2 rings (SSSR count). The van der Waals surface area contributed by atoms with Crippen LogP contribution in [0.2, 0.25) is 0 Å². The molecule has 5 heteroatoms. The van der Waals surface area contributed by atoms with Crippen LogP contribution in [0.5, 0.6) is 0 Å². The summed E-state index contributed by atoms with van der Waals surface area (Å²) in [7, 11) is 0. The first-order valence-electron chi connectivity index (χ1n) is 7.15. The standard InChI is InChI=1S/C14H25N3O2/c1-4-11(2)17-6-5-13(15-17)8-16-7-12(3)19-14(9-16)10-18/h5-6,11-12,14,18H,4,7-10H2,1-3H3. The zero-order chi connectivity index (χ0) is 13.8. The lowest BCUT2D eigenvalue weighted by atomic mass is 10.2. The third-order valence-corrected chi connectivity index (χ3v) is 3.70. The van der Waals surface area contributed by atoms with Gasteiger partial charge in [-0.25, -0.2) is 0 Å². The van der Waals surface area contributed by atoms with Gasteiger partial charge >= 0.3 is 0 Å². The third-order valence-electron chi connectivity index (χ3n) is 3.70. The van der Waals surface area contributed by atoms with Gasteiger partial charge in [0.1, 0.15) is 0 Å². The number of rotatable bonds is 5. The van der Waals surface area contributed by atoms with Crippen LogP contribution < -0.4 is 0 Å². The lowest BCUT2D eigenvalue weighted by Gasteiger charge is -2.35. The van der Waals surface area contributed by atoms with E-state index in [-0.39, 0.29) is 18.8 Å². The summed E-state index contributed by atoms with van der Waals surface area (Å²) in [6, 6.07) is 2.53. The molecule has 0 bridgehead atoms. The SMILES string of the molecule is CCC(C)n1ccc(CN2CC(C)OC(CO)C2)n1. The molecule has 3 unspecified atom stereocenters. The summed E-state index contributed by atoms with van der Waals surface area (Å²) in [5.41, 5.74) is 1.09. The summed E-state index contributed by atoms with van der Waals surface area (Å²) in [6.45, 7) is 8.98. The molecule has 0 saturated carbocycles. The normalized spacial score (nSPS) is 26.5. The Kier molecular flexibility index (Phi) is 4.96. The molecule has 1 saturated heterocycles. The van der Waals surface area contributed by atoms with Gasteiger partial charge in [-0.15, -0.1) is 0 Å². The number of morpholine rings is 1. The molecule has 0 radical (unpaired) electrons. The van der Waals surface area contributed by atoms with Crippen molar-refractivity contribution in [2.24, 2.45) is 0 Å². The van der Waals surface area contributed by atoms with Crippen molar-refractivity contribution in [1.29, 1.82) is 0 Å². The Labute approximate surface area is 115 Å². The molecule has 108 valence electrons. The molecular weight excluding hydrogens is 242 g/mol. The molecule has 0 aromatic carbocycles. The van der Waals surface area contributed by atoms with Gasteiger partial charge in [0.05, 0.1) is 24.5 Å². The van der Waals surface area contributed by atoms with E-state index in [1.165, 1.54) is 0 Å². The predicted octanol–water partition coefficient (Wildman–Crippen LogP) is 1.44. The van der Waals surface area contributed by atoms with Crippen LogP contribution in [0.25, 0.3) is 0 Å². The second-order valence-corrected chi connectivity index (χ2v) is 5.49. The van der Waals surface area contributed by atoms with E-state index in [0.717, 1.165) is 31.7 Å². The monoisotopic (exact) mass is 267 g/mol. The first-order valence-corrected chi connectivity index (χ1v) is 7.15. The van der Waals surface area contributed by atoms with Crippen molar-refractivity contribution in [3.63, 3.8) is 0 Å². The number of aromatic nitrogens is 2. The number of aliphatic hydroxyl groups excluding tert-OH is 1. The van der Waals surface area contributed by atoms with Crippen LogP contribution in [0.15, 0.2) is 12.3 Å². The Morgan fingerprint density at radius 3 is 3.00 bits per heavy atom. The number of ether oxygens (including phenoxy) is 1. The Balaban J connectivity index is 1.94. The van der Waals surface area contributed by atoms with Crippen LogP contribution >= 0.6 is 0 Å². The van der Waals surface area contributed by atoms with E-state index in [1.54, 1.807) is 0 Å². The summed E-state index contributed by atoms with van der Waals surface area (Å²) < 4.78 is 7.68. The Morgan fingerprint density at radius 2 is 2.32 bits per heavy atom. The summed E-state index contributed by atoms with van der Waals surface area (Å²) in [5, 5.41) is 13.9. The first-order chi connectivity index (χ1) is 9.12. The number of hydrogen-bond acceptors (Lipinski definition) is 4. The topological polar surface area (TPSA) is 50.5 Å². The smallest absolute Gasteiger partial charge is 0.0936 e. The lowest BCUT2D eigenvalue weighted by molar-refractivity contribution is -0.0975. The molecule has 19 heavy (non-hydrogen) atoms. The summed E-state index contributed by atoms with van der Waals surface area (Å²) in [4.78, 5) is 2.30. The minimum absolute atomic E-state index is 0.0691. The van der Waals surface area contributed by atoms with Crippen LogP contribution in [-0.2, 0) is 11.3 Å². The van der Waals surface area contributed by atoms with Gasteiger partial charge in [-0.2, -0.15) is 5.10 Å². The summed E-state index contributed by atoms with van der Waals surface area (Å²) >= 11 is 0. The highest BCUT2D eigenvalue weighted by molar-refractivity contribution is 5.00. The molecule has 0 spiro atoms. The fourth-order valence-electron chi connectivity index (χ4n) is 2.49. The zero-order valence-electron chi connectivity index (χ0n) is 12.1. The number of aliphatic hydroxyl groups is 1. The molecule has 1 N–H and O–H groups in total. The second kappa shape index (κ2) is 6.50. The molecule has 1 aromatic rings. The van der Waals surface area contributed by atoms with Crippen molar-refractivity contribution >= 4 is 0 Å². The van der Waals surface area contributed by atoms with Gasteiger partial charge in [-0.1, -0.05) is 6.92 Å². The molecule has 1 aliphatic heterocycles. The quantitative estimate of drug-likeness (QED) is 0.877. The van der Waals surface area contributed by atoms with E-state index in [2.05, 4.69) is 36.1 Å². The lowest BCUT2D eigenvalue weighted by Crippen LogP contribution is -2.47. The highest BCUT2D eigenvalue weighted by atomic mass is 16.5. The maximum absolute atomic E-state index is 9.23. The van der Waals surface area contributed by atoms with Gasteiger partial charge < -0.3 is 9.84 Å². The minimum atomic E-state index is -0.0691. The van der Waals surface area contributed by atoms with E-state index in [0.29, 0.717) is 6.04 Å². The van der Waals surface area contributed by atoms with Gasteiger partial charge in [0.2, 0.25) is 0 Å². The molecule has 5 nitrogen and oxygen atoms in total. The van der Waals surface area contributed by atoms with Gasteiger partial charge in [0.25, 0.3) is 0 Å². The van der Waals surface area contributed by atoms with E-state index < -0.39 is 0 Å². The van der Waals surface area contributed by atoms with Crippen molar-refractivity contribution in [3.05, 3.63) is 18.0 Å². The highest BCUT2D eigenvalue weighted by Crippen LogP contribution is 2.15. The molecule has 1 aliphatic rings. The van der Waals surface area contributed by atoms with Crippen molar-refractivity contribution in [2.45, 2.75) is 52.0 Å². The largest absolute Gasteiger partial charge is 0.394 e. The average molecular weight is 267 g/mol. The first kappa shape index (κ1) is 14.5. The summed E-state index contributed by atoms with van der Waals surface area (Å²) in [6.07, 6.45) is 3.24. The van der Waals surface area contributed by atoms with E-state index in [9.17, 15) is 5.11 Å². The van der Waals surface area contributed by atoms with Crippen molar-refractivity contribution in [3.8, 4) is 0 Å². The summed E-state index contributed by atoms with van der Waals surface area (Å²) in [5.74, 6) is 0. The van der Waals surface area contributed by atoms with Gasteiger partial charge in [-0.05, 0) is 26.3 Å². The van der Waals surface area contributed by atoms with Gasteiger partial charge in [0.15, 0.2) is 0 Å². The molecule has 1 fully saturated rings. The molecule has 2 heterocycles. The van der Waals surface area contributed by atoms with E-state index in [4.69, 9.17) is 4.74 Å². The van der Waals surface area contributed by atoms with Crippen LogP contribution in [-0.4, -0.2) is 51.7 Å². The molecule has 1 aromatic heterocycles. The van der Waals surface area contributed by atoms with Crippen molar-refractivity contribution < 1.29 is 9.84 Å². The number of nitrogens with zero attached hydrogens (tertiary/aromatic N) is 3. The van der Waals surface area contributed by atoms with Gasteiger partial charge in [-0.3, -0.25) is 9.58 Å². The predicted molar refractivity (Wildman–Crippen MR) is 73.9 cm³/mol. The van der Waals surface area contributed by atoms with Crippen LogP contribution in [0.1, 0.15) is 38.9 Å². The maximum Gasteiger partial charge on any atom is 0.0936 e. The minimum Gasteiger partial charge on any atom is -0.394 e. The van der Waals surface area contributed by atoms with Crippen LogP contribution in [0, 0.1) is 0 Å². The molecular formula is C14H25N3O2. The average Bonchev–Trinajstić information content (AvgIpc) is 2.85. The Hall–Kier alpha value is -0.910. The van der Waals surface area contributed by atoms with Crippen LogP contribution in [0.3, 0.4) is 0 Å². The van der Waals surface area contributed by atoms with E-state index in [1.807, 2.05) is 11.6 Å². The highest BCUT2D eigenvalue weighted by Gasteiger charge is 2.25.